The monoisotopic (exact) mass is 202 g/mol. The van der Waals surface area contributed by atoms with E-state index in [2.05, 4.69) is 4.98 Å². The fourth-order valence-corrected chi connectivity index (χ4v) is 0.876. The standard InChI is InChI=1S/C6H3ClN2O4/c7-4-2-8-5(9(12)13)1-3(4)6(10)11/h1-2H,(H,10,11). The van der Waals surface area contributed by atoms with Crippen LogP contribution in [0.4, 0.5) is 5.82 Å². The molecule has 1 N–H and O–H groups in total. The van der Waals surface area contributed by atoms with Gasteiger partial charge in [-0.2, -0.15) is 0 Å². The van der Waals surface area contributed by atoms with Gasteiger partial charge < -0.3 is 15.2 Å². The Labute approximate surface area is 76.9 Å². The fourth-order valence-electron chi connectivity index (χ4n) is 0.691. The molecule has 0 fully saturated rings. The minimum atomic E-state index is -1.32. The number of nitro groups is 1. The molecule has 1 heterocycles. The number of carboxylic acids is 1. The van der Waals surface area contributed by atoms with Crippen molar-refractivity contribution in [3.63, 3.8) is 0 Å². The minimum absolute atomic E-state index is 0.127. The molecule has 1 aromatic heterocycles. The normalized spacial score (nSPS) is 9.62. The Bertz CT molecular complexity index is 379. The van der Waals surface area contributed by atoms with Gasteiger partial charge in [-0.1, -0.05) is 11.6 Å². The Hall–Kier alpha value is -1.69. The maximum Gasteiger partial charge on any atom is 0.364 e. The molecule has 0 radical (unpaired) electrons. The topological polar surface area (TPSA) is 93.3 Å². The van der Waals surface area contributed by atoms with Gasteiger partial charge in [0.1, 0.15) is 0 Å². The highest BCUT2D eigenvalue weighted by molar-refractivity contribution is 6.33. The number of aromatic nitrogens is 1. The van der Waals surface area contributed by atoms with Crippen molar-refractivity contribution < 1.29 is 14.8 Å². The second-order valence-electron chi connectivity index (χ2n) is 2.08. The van der Waals surface area contributed by atoms with Crippen molar-refractivity contribution in [1.82, 2.24) is 4.98 Å². The highest BCUT2D eigenvalue weighted by Gasteiger charge is 2.16. The summed E-state index contributed by atoms with van der Waals surface area (Å²) < 4.78 is 0. The second kappa shape index (κ2) is 3.36. The number of carboxylic acid groups (broad SMARTS) is 1. The summed E-state index contributed by atoms with van der Waals surface area (Å²) in [6, 6.07) is 0.810. The van der Waals surface area contributed by atoms with Crippen molar-refractivity contribution >= 4 is 23.4 Å². The molecule has 0 amide bonds. The second-order valence-corrected chi connectivity index (χ2v) is 2.49. The van der Waals surface area contributed by atoms with Gasteiger partial charge in [-0.25, -0.2) is 4.79 Å². The third-order valence-corrected chi connectivity index (χ3v) is 1.56. The van der Waals surface area contributed by atoms with E-state index in [-0.39, 0.29) is 10.6 Å². The summed E-state index contributed by atoms with van der Waals surface area (Å²) in [5, 5.41) is 18.6. The first kappa shape index (κ1) is 9.40. The SMILES string of the molecule is O=C(O)c1cc([N+](=O)[O-])ncc1Cl. The lowest BCUT2D eigenvalue weighted by Crippen LogP contribution is -2.00. The third kappa shape index (κ3) is 1.91. The van der Waals surface area contributed by atoms with Gasteiger partial charge in [0.05, 0.1) is 16.7 Å². The number of aromatic carboxylic acids is 1. The summed E-state index contributed by atoms with van der Waals surface area (Å²) >= 11 is 5.43. The number of hydrogen-bond acceptors (Lipinski definition) is 4. The van der Waals surface area contributed by atoms with Gasteiger partial charge in [0.15, 0.2) is 6.20 Å². The lowest BCUT2D eigenvalue weighted by molar-refractivity contribution is -0.389. The molecule has 0 aliphatic rings. The van der Waals surface area contributed by atoms with Crippen molar-refractivity contribution in [2.45, 2.75) is 0 Å². The lowest BCUT2D eigenvalue weighted by Gasteiger charge is -1.95. The maximum absolute atomic E-state index is 10.5. The Morgan fingerprint density at radius 3 is 2.77 bits per heavy atom. The van der Waals surface area contributed by atoms with Crippen LogP contribution in [0.2, 0.25) is 5.02 Å². The third-order valence-electron chi connectivity index (χ3n) is 1.26. The Balaban J connectivity index is 3.27. The molecule has 0 unspecified atom stereocenters. The number of halogens is 1. The number of pyridine rings is 1. The van der Waals surface area contributed by atoms with Crippen molar-refractivity contribution in [2.24, 2.45) is 0 Å². The minimum Gasteiger partial charge on any atom is -0.478 e. The van der Waals surface area contributed by atoms with Crippen molar-refractivity contribution in [3.05, 3.63) is 33.0 Å². The summed E-state index contributed by atoms with van der Waals surface area (Å²) in [6.07, 6.45) is 0.934. The summed E-state index contributed by atoms with van der Waals surface area (Å²) in [5.41, 5.74) is -0.330. The van der Waals surface area contributed by atoms with E-state index in [1.165, 1.54) is 0 Å². The van der Waals surface area contributed by atoms with Crippen LogP contribution in [-0.4, -0.2) is 21.0 Å². The molecular formula is C6H3ClN2O4. The van der Waals surface area contributed by atoms with E-state index in [0.29, 0.717) is 0 Å². The van der Waals surface area contributed by atoms with Gasteiger partial charge in [0.2, 0.25) is 0 Å². The molecule has 13 heavy (non-hydrogen) atoms. The summed E-state index contributed by atoms with van der Waals surface area (Å²) in [5.74, 6) is -1.86. The van der Waals surface area contributed by atoms with Crippen molar-refractivity contribution in [2.75, 3.05) is 0 Å². The fraction of sp³-hybridized carbons (Fsp3) is 0. The van der Waals surface area contributed by atoms with E-state index >= 15 is 0 Å². The van der Waals surface area contributed by atoms with E-state index in [4.69, 9.17) is 16.7 Å². The zero-order chi connectivity index (χ0) is 10.0. The van der Waals surface area contributed by atoms with Gasteiger partial charge in [-0.15, -0.1) is 0 Å². The van der Waals surface area contributed by atoms with Crippen LogP contribution in [-0.2, 0) is 0 Å². The molecular weight excluding hydrogens is 200 g/mol. The van der Waals surface area contributed by atoms with Crippen LogP contribution in [0.5, 0.6) is 0 Å². The molecule has 0 bridgehead atoms. The van der Waals surface area contributed by atoms with Crippen LogP contribution < -0.4 is 0 Å². The van der Waals surface area contributed by atoms with Gasteiger partial charge in [0, 0.05) is 0 Å². The van der Waals surface area contributed by atoms with Crippen molar-refractivity contribution in [1.29, 1.82) is 0 Å². The smallest absolute Gasteiger partial charge is 0.364 e. The molecule has 0 spiro atoms. The largest absolute Gasteiger partial charge is 0.478 e. The highest BCUT2D eigenvalue weighted by Crippen LogP contribution is 2.18. The number of hydrogen-bond donors (Lipinski definition) is 1. The summed E-state index contributed by atoms with van der Waals surface area (Å²) in [4.78, 5) is 23.2. The molecule has 0 aliphatic carbocycles. The number of nitrogens with zero attached hydrogens (tertiary/aromatic N) is 2. The molecule has 7 heteroatoms. The molecule has 0 aliphatic heterocycles. The summed E-state index contributed by atoms with van der Waals surface area (Å²) in [7, 11) is 0. The molecule has 0 saturated heterocycles. The van der Waals surface area contributed by atoms with Crippen LogP contribution in [0.25, 0.3) is 0 Å². The van der Waals surface area contributed by atoms with Gasteiger partial charge in [-0.05, 0) is 9.91 Å². The molecule has 0 aromatic carbocycles. The van der Waals surface area contributed by atoms with E-state index < -0.39 is 16.7 Å². The van der Waals surface area contributed by atoms with Crippen LogP contribution in [0.15, 0.2) is 12.3 Å². The van der Waals surface area contributed by atoms with E-state index in [9.17, 15) is 14.9 Å². The van der Waals surface area contributed by atoms with Gasteiger partial charge in [0.25, 0.3) is 0 Å². The van der Waals surface area contributed by atoms with E-state index in [1.807, 2.05) is 0 Å². The van der Waals surface area contributed by atoms with Crippen LogP contribution in [0.1, 0.15) is 10.4 Å². The molecule has 0 atom stereocenters. The predicted octanol–water partition coefficient (Wildman–Crippen LogP) is 1.34. The van der Waals surface area contributed by atoms with E-state index in [1.54, 1.807) is 0 Å². The quantitative estimate of drug-likeness (QED) is 0.577. The van der Waals surface area contributed by atoms with Crippen molar-refractivity contribution in [3.8, 4) is 0 Å². The zero-order valence-corrected chi connectivity index (χ0v) is 6.85. The molecule has 1 rings (SSSR count). The Morgan fingerprint density at radius 1 is 1.69 bits per heavy atom. The maximum atomic E-state index is 10.5. The molecule has 6 nitrogen and oxygen atoms in total. The molecule has 1 aromatic rings. The highest BCUT2D eigenvalue weighted by atomic mass is 35.5. The molecule has 68 valence electrons. The lowest BCUT2D eigenvalue weighted by atomic mass is 10.2. The van der Waals surface area contributed by atoms with Crippen LogP contribution in [0, 0.1) is 10.1 Å². The van der Waals surface area contributed by atoms with Crippen LogP contribution in [0.3, 0.4) is 0 Å². The number of rotatable bonds is 2. The summed E-state index contributed by atoms with van der Waals surface area (Å²) in [6.45, 7) is 0. The molecule has 0 saturated carbocycles. The first-order valence-electron chi connectivity index (χ1n) is 3.05. The average molecular weight is 203 g/mol. The first-order valence-corrected chi connectivity index (χ1v) is 3.43. The Kier molecular flexibility index (Phi) is 2.43. The van der Waals surface area contributed by atoms with Gasteiger partial charge >= 0.3 is 11.8 Å². The Morgan fingerprint density at radius 2 is 2.31 bits per heavy atom. The van der Waals surface area contributed by atoms with Gasteiger partial charge in [-0.3, -0.25) is 0 Å². The zero-order valence-electron chi connectivity index (χ0n) is 6.10. The van der Waals surface area contributed by atoms with Crippen LogP contribution >= 0.6 is 11.6 Å². The van der Waals surface area contributed by atoms with E-state index in [0.717, 1.165) is 12.3 Å². The number of carbonyl (C=O) groups is 1. The first-order chi connectivity index (χ1) is 6.02. The predicted molar refractivity (Wildman–Crippen MR) is 42.9 cm³/mol. The average Bonchev–Trinajstić information content (AvgIpc) is 2.04.